The summed E-state index contributed by atoms with van der Waals surface area (Å²) in [5.41, 5.74) is 0. The largest absolute Gasteiger partial charge is 2.00 e. The molecule has 0 nitrogen and oxygen atoms in total. The summed E-state index contributed by atoms with van der Waals surface area (Å²) in [6.45, 7) is 28.9. The normalized spacial score (nSPS) is 20.0. The first-order valence-corrected chi connectivity index (χ1v) is 12.6. The summed E-state index contributed by atoms with van der Waals surface area (Å²) in [6.07, 6.45) is 8.22. The van der Waals surface area contributed by atoms with Crippen molar-refractivity contribution in [2.75, 3.05) is 0 Å². The summed E-state index contributed by atoms with van der Waals surface area (Å²) in [7, 11) is 0. The average Bonchev–Trinajstić information content (AvgIpc) is 2.67. The standard InChI is InChI=1S/2C12H28B.Mg/c2*1-7-10(4)13(11(5)8-2)12(6)9-3;/h2*10-13H,7-9H2,1-6H3;/q2*-1;+2. The Labute approximate surface area is 192 Å². The summed E-state index contributed by atoms with van der Waals surface area (Å²) in [5.74, 6) is 5.86. The quantitative estimate of drug-likeness (QED) is 0.292. The van der Waals surface area contributed by atoms with Crippen LogP contribution in [0.5, 0.6) is 0 Å². The van der Waals surface area contributed by atoms with E-state index in [9.17, 15) is 0 Å². The van der Waals surface area contributed by atoms with E-state index in [4.69, 9.17) is 0 Å². The van der Waals surface area contributed by atoms with Crippen molar-refractivity contribution in [1.29, 1.82) is 0 Å². The Morgan fingerprint density at radius 3 is 0.556 bits per heavy atom. The number of hydrogen-bond acceptors (Lipinski definition) is 0. The topological polar surface area (TPSA) is 0 Å². The van der Waals surface area contributed by atoms with Crippen molar-refractivity contribution in [2.24, 2.45) is 0 Å². The molecule has 0 aliphatic carbocycles. The summed E-state index contributed by atoms with van der Waals surface area (Å²) >= 11 is 0. The van der Waals surface area contributed by atoms with Gasteiger partial charge in [0.25, 0.3) is 0 Å². The van der Waals surface area contributed by atoms with E-state index in [1.54, 1.807) is 0 Å². The fraction of sp³-hybridized carbons (Fsp3) is 1.00. The van der Waals surface area contributed by atoms with Crippen LogP contribution < -0.4 is 0 Å². The Hall–Kier alpha value is 0.896. The summed E-state index contributed by atoms with van der Waals surface area (Å²) < 4.78 is 0. The van der Waals surface area contributed by atoms with Gasteiger partial charge in [0.15, 0.2) is 0 Å². The van der Waals surface area contributed by atoms with E-state index in [0.717, 1.165) is 34.9 Å². The van der Waals surface area contributed by atoms with Crippen molar-refractivity contribution in [3.05, 3.63) is 0 Å². The Kier molecular flexibility index (Phi) is 22.8. The fourth-order valence-electron chi connectivity index (χ4n) is 6.12. The van der Waals surface area contributed by atoms with Crippen LogP contribution in [0.2, 0.25) is 34.9 Å². The van der Waals surface area contributed by atoms with Crippen molar-refractivity contribution in [3.8, 4) is 0 Å². The zero-order chi connectivity index (χ0) is 20.9. The minimum atomic E-state index is 0. The van der Waals surface area contributed by atoms with E-state index in [1.807, 2.05) is 0 Å². The van der Waals surface area contributed by atoms with Gasteiger partial charge in [-0.2, -0.15) is 34.9 Å². The van der Waals surface area contributed by atoms with Crippen LogP contribution >= 0.6 is 0 Å². The molecule has 0 aromatic heterocycles. The van der Waals surface area contributed by atoms with E-state index < -0.39 is 0 Å². The Morgan fingerprint density at radius 2 is 0.481 bits per heavy atom. The molecule has 0 radical (unpaired) electrons. The second-order valence-electron chi connectivity index (χ2n) is 10.5. The second kappa shape index (κ2) is 18.9. The van der Waals surface area contributed by atoms with Crippen LogP contribution in [-0.4, -0.2) is 36.5 Å². The summed E-state index contributed by atoms with van der Waals surface area (Å²) in [4.78, 5) is 0. The molecule has 0 saturated heterocycles. The monoisotopic (exact) mass is 390 g/mol. The second-order valence-corrected chi connectivity index (χ2v) is 10.5. The van der Waals surface area contributed by atoms with Gasteiger partial charge in [0.2, 0.25) is 0 Å². The van der Waals surface area contributed by atoms with Crippen LogP contribution in [-0.2, 0) is 0 Å². The molecule has 0 spiro atoms. The first-order valence-electron chi connectivity index (χ1n) is 12.6. The van der Waals surface area contributed by atoms with Gasteiger partial charge in [0.1, 0.15) is 0 Å². The molecule has 0 heterocycles. The average molecular weight is 391 g/mol. The van der Waals surface area contributed by atoms with Gasteiger partial charge in [-0.25, -0.2) is 0 Å². The fourth-order valence-corrected chi connectivity index (χ4v) is 6.12. The number of hydrogen-bond donors (Lipinski definition) is 0. The van der Waals surface area contributed by atoms with Gasteiger partial charge in [-0.05, 0) is 13.4 Å². The van der Waals surface area contributed by atoms with Crippen LogP contribution in [0.3, 0.4) is 0 Å². The van der Waals surface area contributed by atoms with E-state index in [-0.39, 0.29) is 36.5 Å². The Balaban J connectivity index is -0.000000411. The van der Waals surface area contributed by atoms with Crippen molar-refractivity contribution in [1.82, 2.24) is 0 Å². The molecule has 160 valence electrons. The van der Waals surface area contributed by atoms with Gasteiger partial charge in [-0.3, -0.25) is 0 Å². The first kappa shape index (κ1) is 32.6. The summed E-state index contributed by atoms with van der Waals surface area (Å²) in [5, 5.41) is 0. The molecule has 6 atom stereocenters. The molecule has 6 unspecified atom stereocenters. The SMILES string of the molecule is CCC(C)[BH-](C(C)CC)C(C)CC.CCC(C)[BH-](C(C)CC)C(C)CC.[Mg+2]. The molecule has 0 saturated carbocycles. The Bertz CT molecular complexity index is 233. The zero-order valence-corrected chi connectivity index (χ0v) is 23.2. The van der Waals surface area contributed by atoms with Gasteiger partial charge in [0, 0.05) is 0 Å². The van der Waals surface area contributed by atoms with E-state index in [2.05, 4.69) is 83.1 Å². The van der Waals surface area contributed by atoms with E-state index >= 15 is 0 Å². The minimum absolute atomic E-state index is 0. The van der Waals surface area contributed by atoms with Crippen molar-refractivity contribution in [2.45, 2.75) is 157 Å². The molecule has 3 heteroatoms. The maximum atomic E-state index is 2.46. The van der Waals surface area contributed by atoms with Crippen LogP contribution in [0, 0.1) is 0 Å². The van der Waals surface area contributed by atoms with Gasteiger partial charge >= 0.3 is 23.1 Å². The van der Waals surface area contributed by atoms with Crippen molar-refractivity contribution in [3.63, 3.8) is 0 Å². The molecule has 0 bridgehead atoms. The maximum Gasteiger partial charge on any atom is 2.00 e. The molecule has 0 fully saturated rings. The van der Waals surface area contributed by atoms with Crippen LogP contribution in [0.1, 0.15) is 122 Å². The third-order valence-electron chi connectivity index (χ3n) is 9.01. The molecule has 0 N–H and O–H groups in total. The zero-order valence-electron chi connectivity index (χ0n) is 21.8. The minimum Gasteiger partial charge on any atom is -0.172 e. The van der Waals surface area contributed by atoms with Gasteiger partial charge in [-0.1, -0.05) is 122 Å². The van der Waals surface area contributed by atoms with Crippen molar-refractivity contribution < 1.29 is 0 Å². The molecular weight excluding hydrogens is 334 g/mol. The first-order chi connectivity index (χ1) is 12.2. The van der Waals surface area contributed by atoms with Crippen LogP contribution in [0.25, 0.3) is 0 Å². The molecule has 27 heavy (non-hydrogen) atoms. The molecule has 0 aromatic rings. The van der Waals surface area contributed by atoms with Crippen molar-refractivity contribution >= 4 is 36.5 Å². The van der Waals surface area contributed by atoms with E-state index in [0.29, 0.717) is 0 Å². The molecule has 0 rings (SSSR count). The molecule has 0 aliphatic heterocycles. The predicted molar refractivity (Wildman–Crippen MR) is 138 cm³/mol. The molecule has 0 aromatic carbocycles. The summed E-state index contributed by atoms with van der Waals surface area (Å²) in [6, 6.07) is 0. The maximum absolute atomic E-state index is 2.46. The molecule has 0 aliphatic rings. The third kappa shape index (κ3) is 12.2. The van der Waals surface area contributed by atoms with Gasteiger partial charge < -0.3 is 0 Å². The smallest absolute Gasteiger partial charge is 0.172 e. The Morgan fingerprint density at radius 1 is 0.370 bits per heavy atom. The van der Waals surface area contributed by atoms with Crippen LogP contribution in [0.4, 0.5) is 0 Å². The predicted octanol–water partition coefficient (Wildman–Crippen LogP) is 8.85. The number of rotatable bonds is 12. The van der Waals surface area contributed by atoms with Gasteiger partial charge in [-0.15, -0.1) is 0 Å². The third-order valence-corrected chi connectivity index (χ3v) is 9.01. The van der Waals surface area contributed by atoms with Crippen LogP contribution in [0.15, 0.2) is 0 Å². The molecule has 0 amide bonds. The van der Waals surface area contributed by atoms with E-state index in [1.165, 1.54) is 38.5 Å². The van der Waals surface area contributed by atoms with Gasteiger partial charge in [0.05, 0.1) is 0 Å². The molecular formula is C24H56B2Mg.